The average Bonchev–Trinajstić information content (AvgIpc) is 2.53. The minimum atomic E-state index is -4.49. The number of piperidine rings is 1. The smallest absolute Gasteiger partial charge is 0.416 e. The molecule has 1 aliphatic rings. The quantitative estimate of drug-likeness (QED) is 0.847. The first-order valence-electron chi connectivity index (χ1n) is 8.70. The lowest BCUT2D eigenvalue weighted by Gasteiger charge is -2.34. The molecule has 1 aromatic rings. The molecule has 7 heteroatoms. The van der Waals surface area contributed by atoms with E-state index in [0.29, 0.717) is 24.3 Å². The molecule has 4 nitrogen and oxygen atoms in total. The normalized spacial score (nSPS) is 19.4. The van der Waals surface area contributed by atoms with E-state index in [0.717, 1.165) is 18.9 Å². The molecule has 0 aliphatic carbocycles. The lowest BCUT2D eigenvalue weighted by molar-refractivity contribution is -0.145. The number of aliphatic carboxylic acids is 1. The van der Waals surface area contributed by atoms with E-state index in [2.05, 4.69) is 0 Å². The van der Waals surface area contributed by atoms with Gasteiger partial charge in [-0.1, -0.05) is 27.2 Å². The maximum atomic E-state index is 13.6. The third kappa shape index (κ3) is 4.50. The summed E-state index contributed by atoms with van der Waals surface area (Å²) in [6.07, 6.45) is -2.35. The number of ether oxygens (including phenoxy) is 1. The van der Waals surface area contributed by atoms with Crippen molar-refractivity contribution in [3.05, 3.63) is 28.8 Å². The number of halogens is 3. The van der Waals surface area contributed by atoms with Gasteiger partial charge in [0.15, 0.2) is 0 Å². The predicted octanol–water partition coefficient (Wildman–Crippen LogP) is 4.45. The van der Waals surface area contributed by atoms with Crippen LogP contribution >= 0.6 is 0 Å². The number of hydrogen-bond acceptors (Lipinski definition) is 3. The zero-order valence-corrected chi connectivity index (χ0v) is 15.6. The van der Waals surface area contributed by atoms with Gasteiger partial charge in [0.1, 0.15) is 11.8 Å². The van der Waals surface area contributed by atoms with Crippen LogP contribution in [0.25, 0.3) is 0 Å². The van der Waals surface area contributed by atoms with Crippen LogP contribution in [0.5, 0.6) is 5.75 Å². The number of carboxylic acid groups (broad SMARTS) is 1. The Bertz CT molecular complexity index is 665. The predicted molar refractivity (Wildman–Crippen MR) is 92.4 cm³/mol. The summed E-state index contributed by atoms with van der Waals surface area (Å²) < 4.78 is 46.2. The van der Waals surface area contributed by atoms with Crippen LogP contribution in [0.15, 0.2) is 12.1 Å². The Labute approximate surface area is 151 Å². The Balaban J connectivity index is 2.49. The van der Waals surface area contributed by atoms with Crippen molar-refractivity contribution in [2.45, 2.75) is 64.2 Å². The van der Waals surface area contributed by atoms with Crippen molar-refractivity contribution in [2.24, 2.45) is 0 Å². The molecule has 1 saturated heterocycles. The minimum absolute atomic E-state index is 0.119. The standard InChI is InChI=1S/C19H26F3NO3/c1-18(2,3)13-10-16(26-4)12(9-14(13)19(20,21)22)11-23-8-6-5-7-15(23)17(24)25/h9-10,15H,5-8,11H2,1-4H3,(H,24,25)/t15-/m0/s1. The van der Waals surface area contributed by atoms with Crippen LogP contribution in [0.1, 0.15) is 56.7 Å². The number of rotatable bonds is 4. The fraction of sp³-hybridized carbons (Fsp3) is 0.632. The molecule has 1 aliphatic heterocycles. The Morgan fingerprint density at radius 3 is 2.38 bits per heavy atom. The molecular weight excluding hydrogens is 347 g/mol. The van der Waals surface area contributed by atoms with Crippen LogP contribution in [0.4, 0.5) is 13.2 Å². The molecular formula is C19H26F3NO3. The number of nitrogens with zero attached hydrogens (tertiary/aromatic N) is 1. The van der Waals surface area contributed by atoms with E-state index in [1.54, 1.807) is 25.7 Å². The molecule has 0 spiro atoms. The molecule has 1 atom stereocenters. The number of carbonyl (C=O) groups is 1. The van der Waals surface area contributed by atoms with E-state index in [9.17, 15) is 23.1 Å². The van der Waals surface area contributed by atoms with Gasteiger partial charge in [0.25, 0.3) is 0 Å². The minimum Gasteiger partial charge on any atom is -0.496 e. The molecule has 0 radical (unpaired) electrons. The average molecular weight is 373 g/mol. The molecule has 146 valence electrons. The highest BCUT2D eigenvalue weighted by molar-refractivity contribution is 5.73. The molecule has 1 fully saturated rings. The van der Waals surface area contributed by atoms with Crippen LogP contribution < -0.4 is 4.74 Å². The number of likely N-dealkylation sites (tertiary alicyclic amines) is 1. The third-order valence-corrected chi connectivity index (χ3v) is 4.81. The lowest BCUT2D eigenvalue weighted by Crippen LogP contribution is -2.44. The highest BCUT2D eigenvalue weighted by Gasteiger charge is 2.38. The Hall–Kier alpha value is -1.76. The van der Waals surface area contributed by atoms with Crippen molar-refractivity contribution >= 4 is 5.97 Å². The summed E-state index contributed by atoms with van der Waals surface area (Å²) >= 11 is 0. The second-order valence-electron chi connectivity index (χ2n) is 7.78. The zero-order chi connectivity index (χ0) is 19.7. The molecule has 0 aromatic heterocycles. The van der Waals surface area contributed by atoms with E-state index >= 15 is 0 Å². The highest BCUT2D eigenvalue weighted by Crippen LogP contribution is 2.41. The second-order valence-corrected chi connectivity index (χ2v) is 7.78. The van der Waals surface area contributed by atoms with E-state index in [1.807, 2.05) is 0 Å². The van der Waals surface area contributed by atoms with Crippen LogP contribution in [-0.2, 0) is 22.9 Å². The molecule has 0 bridgehead atoms. The van der Waals surface area contributed by atoms with Gasteiger partial charge in [-0.2, -0.15) is 13.2 Å². The number of hydrogen-bond donors (Lipinski definition) is 1. The first-order valence-corrected chi connectivity index (χ1v) is 8.70. The van der Waals surface area contributed by atoms with E-state index in [4.69, 9.17) is 4.74 Å². The molecule has 1 heterocycles. The fourth-order valence-electron chi connectivity index (χ4n) is 3.47. The Kier molecular flexibility index (Phi) is 5.90. The summed E-state index contributed by atoms with van der Waals surface area (Å²) in [5, 5.41) is 9.39. The molecule has 26 heavy (non-hydrogen) atoms. The maximum absolute atomic E-state index is 13.6. The van der Waals surface area contributed by atoms with Gasteiger partial charge in [-0.3, -0.25) is 9.69 Å². The van der Waals surface area contributed by atoms with Crippen molar-refractivity contribution in [1.82, 2.24) is 4.90 Å². The van der Waals surface area contributed by atoms with Crippen molar-refractivity contribution in [2.75, 3.05) is 13.7 Å². The van der Waals surface area contributed by atoms with Gasteiger partial charge in [0, 0.05) is 12.1 Å². The lowest BCUT2D eigenvalue weighted by atomic mass is 9.82. The molecule has 2 rings (SSSR count). The summed E-state index contributed by atoms with van der Waals surface area (Å²) in [5.41, 5.74) is -0.865. The fourth-order valence-corrected chi connectivity index (χ4v) is 3.47. The highest BCUT2D eigenvalue weighted by atomic mass is 19.4. The van der Waals surface area contributed by atoms with Crippen LogP contribution in [0.2, 0.25) is 0 Å². The Morgan fingerprint density at radius 2 is 1.88 bits per heavy atom. The molecule has 1 N–H and O–H groups in total. The summed E-state index contributed by atoms with van der Waals surface area (Å²) in [5.74, 6) is -0.580. The second kappa shape index (κ2) is 7.47. The van der Waals surface area contributed by atoms with Gasteiger partial charge >= 0.3 is 12.1 Å². The van der Waals surface area contributed by atoms with Crippen molar-refractivity contribution < 1.29 is 27.8 Å². The van der Waals surface area contributed by atoms with Crippen molar-refractivity contribution in [1.29, 1.82) is 0 Å². The van der Waals surface area contributed by atoms with Crippen molar-refractivity contribution in [3.63, 3.8) is 0 Å². The van der Waals surface area contributed by atoms with Gasteiger partial charge in [-0.05, 0) is 42.5 Å². The third-order valence-electron chi connectivity index (χ3n) is 4.81. The first kappa shape index (κ1) is 20.6. The summed E-state index contributed by atoms with van der Waals surface area (Å²) in [4.78, 5) is 13.2. The molecule has 1 aromatic carbocycles. The van der Waals surface area contributed by atoms with Crippen LogP contribution in [0, 0.1) is 0 Å². The number of methoxy groups -OCH3 is 1. The van der Waals surface area contributed by atoms with Crippen molar-refractivity contribution in [3.8, 4) is 5.75 Å². The van der Waals surface area contributed by atoms with E-state index in [1.165, 1.54) is 13.2 Å². The SMILES string of the molecule is COc1cc(C(C)(C)C)c(C(F)(F)F)cc1CN1CCCC[C@H]1C(=O)O. The summed E-state index contributed by atoms with van der Waals surface area (Å²) in [6, 6.07) is 1.88. The maximum Gasteiger partial charge on any atom is 0.416 e. The topological polar surface area (TPSA) is 49.8 Å². The number of carboxylic acids is 1. The van der Waals surface area contributed by atoms with Gasteiger partial charge in [0.2, 0.25) is 0 Å². The Morgan fingerprint density at radius 1 is 1.23 bits per heavy atom. The van der Waals surface area contributed by atoms with E-state index < -0.39 is 29.2 Å². The van der Waals surface area contributed by atoms with Gasteiger partial charge in [-0.15, -0.1) is 0 Å². The summed E-state index contributed by atoms with van der Waals surface area (Å²) in [7, 11) is 1.42. The van der Waals surface area contributed by atoms with Gasteiger partial charge in [0.05, 0.1) is 12.7 Å². The monoisotopic (exact) mass is 373 g/mol. The molecule has 0 saturated carbocycles. The number of benzene rings is 1. The number of alkyl halides is 3. The van der Waals surface area contributed by atoms with Crippen LogP contribution in [0.3, 0.4) is 0 Å². The van der Waals surface area contributed by atoms with Gasteiger partial charge < -0.3 is 9.84 Å². The largest absolute Gasteiger partial charge is 0.496 e. The van der Waals surface area contributed by atoms with Gasteiger partial charge in [-0.25, -0.2) is 0 Å². The zero-order valence-electron chi connectivity index (χ0n) is 15.6. The summed E-state index contributed by atoms with van der Waals surface area (Å²) in [6.45, 7) is 5.83. The first-order chi connectivity index (χ1) is 11.9. The molecule has 0 amide bonds. The van der Waals surface area contributed by atoms with E-state index in [-0.39, 0.29) is 12.1 Å². The molecule has 0 unspecified atom stereocenters. The van der Waals surface area contributed by atoms with Crippen LogP contribution in [-0.4, -0.2) is 35.7 Å².